The number of allylic oxidation sites excluding steroid dienone is 1. The van der Waals surface area contributed by atoms with Crippen molar-refractivity contribution in [3.63, 3.8) is 0 Å². The van der Waals surface area contributed by atoms with E-state index in [0.717, 1.165) is 93.2 Å². The molecule has 1 saturated heterocycles. The molecule has 0 spiro atoms. The van der Waals surface area contributed by atoms with E-state index in [1.807, 2.05) is 6.20 Å². The molecule has 190 valence electrons. The number of pyridine rings is 1. The second kappa shape index (κ2) is 8.59. The topological polar surface area (TPSA) is 94.3 Å². The molecule has 4 bridgehead atoms. The van der Waals surface area contributed by atoms with Gasteiger partial charge < -0.3 is 9.84 Å². The number of hydrogen-bond donors (Lipinski definition) is 1. The minimum Gasteiger partial charge on any atom is -0.390 e. The molecule has 3 unspecified atom stereocenters. The van der Waals surface area contributed by atoms with Gasteiger partial charge in [0.1, 0.15) is 0 Å². The van der Waals surface area contributed by atoms with E-state index in [4.69, 9.17) is 14.8 Å². The van der Waals surface area contributed by atoms with Crippen LogP contribution in [0, 0.1) is 23.7 Å². The lowest BCUT2D eigenvalue weighted by Gasteiger charge is -2.58. The van der Waals surface area contributed by atoms with Gasteiger partial charge in [-0.1, -0.05) is 12.2 Å². The average molecular weight is 490 g/mol. The average Bonchev–Trinajstić information content (AvgIpc) is 3.47. The van der Waals surface area contributed by atoms with Crippen LogP contribution in [0.4, 0.5) is 0 Å². The first-order chi connectivity index (χ1) is 17.5. The van der Waals surface area contributed by atoms with Crippen molar-refractivity contribution in [3.8, 4) is 0 Å². The molecule has 0 aromatic carbocycles. The molecule has 36 heavy (non-hydrogen) atoms. The Kier molecular flexibility index (Phi) is 5.44. The summed E-state index contributed by atoms with van der Waals surface area (Å²) in [6.07, 6.45) is 14.9. The number of aromatic nitrogens is 3. The molecule has 7 nitrogen and oxygen atoms in total. The first kappa shape index (κ1) is 22.8. The Labute approximate surface area is 211 Å². The van der Waals surface area contributed by atoms with Gasteiger partial charge in [-0.2, -0.15) is 5.10 Å². The zero-order valence-electron chi connectivity index (χ0n) is 20.8. The maximum Gasteiger partial charge on any atom is 0.204 e. The van der Waals surface area contributed by atoms with Crippen molar-refractivity contribution >= 4 is 28.5 Å². The summed E-state index contributed by atoms with van der Waals surface area (Å²) in [5, 5.41) is 17.1. The van der Waals surface area contributed by atoms with Gasteiger partial charge in [0.05, 0.1) is 35.0 Å². The molecule has 4 saturated carbocycles. The van der Waals surface area contributed by atoms with Crippen molar-refractivity contribution < 1.29 is 19.4 Å². The van der Waals surface area contributed by atoms with Gasteiger partial charge in [-0.15, -0.1) is 0 Å². The number of carbonyl (C=O) groups is 2. The maximum absolute atomic E-state index is 13.0. The highest BCUT2D eigenvalue weighted by Crippen LogP contribution is 2.60. The Morgan fingerprint density at radius 1 is 1.11 bits per heavy atom. The van der Waals surface area contributed by atoms with Gasteiger partial charge in [-0.3, -0.25) is 19.3 Å². The number of ketones is 2. The lowest BCUT2D eigenvalue weighted by atomic mass is 9.52. The molecule has 1 N–H and O–H groups in total. The van der Waals surface area contributed by atoms with Crippen LogP contribution in [0.15, 0.2) is 12.3 Å². The number of Topliss-reactive ketones (excluding diaryl/α,β-unsaturated/α-hetero) is 2. The van der Waals surface area contributed by atoms with Crippen LogP contribution in [0.1, 0.15) is 80.8 Å². The molecule has 1 aliphatic heterocycles. The third-order valence-corrected chi connectivity index (χ3v) is 9.77. The maximum atomic E-state index is 13.0. The van der Waals surface area contributed by atoms with Crippen molar-refractivity contribution in [2.75, 3.05) is 13.2 Å². The summed E-state index contributed by atoms with van der Waals surface area (Å²) in [4.78, 5) is 30.5. The highest BCUT2D eigenvalue weighted by atomic mass is 16.5. The number of hydrogen-bond acceptors (Lipinski definition) is 6. The quantitative estimate of drug-likeness (QED) is 0.591. The molecule has 7 heteroatoms. The summed E-state index contributed by atoms with van der Waals surface area (Å²) in [5.41, 5.74) is 3.40. The van der Waals surface area contributed by atoms with E-state index in [0.29, 0.717) is 35.8 Å². The van der Waals surface area contributed by atoms with Gasteiger partial charge in [0.25, 0.3) is 0 Å². The predicted molar refractivity (Wildman–Crippen MR) is 134 cm³/mol. The second-order valence-corrected chi connectivity index (χ2v) is 12.2. The van der Waals surface area contributed by atoms with Gasteiger partial charge in [-0.25, -0.2) is 0 Å². The third-order valence-electron chi connectivity index (χ3n) is 9.77. The van der Waals surface area contributed by atoms with E-state index in [2.05, 4.69) is 16.8 Å². The van der Waals surface area contributed by atoms with E-state index >= 15 is 0 Å². The molecule has 8 rings (SSSR count). The normalized spacial score (nSPS) is 32.9. The largest absolute Gasteiger partial charge is 0.390 e. The van der Waals surface area contributed by atoms with Crippen LogP contribution in [0.25, 0.3) is 17.0 Å². The number of fused-ring (bicyclic) bond motifs is 3. The van der Waals surface area contributed by atoms with Crippen molar-refractivity contribution in [3.05, 3.63) is 29.2 Å². The SMILES string of the molecule is O=C(CCC1CCOCC1)C(=O)Cc1nn(C2[C@@H]3CC4C[C@H]2CC(O)(C4)C3)c2c3c(ncc12)CC=C3. The molecule has 3 heterocycles. The zero-order valence-corrected chi connectivity index (χ0v) is 20.8. The molecular formula is C29H35N3O4. The van der Waals surface area contributed by atoms with E-state index in [-0.39, 0.29) is 24.0 Å². The van der Waals surface area contributed by atoms with Crippen LogP contribution in [-0.4, -0.2) is 50.3 Å². The summed E-state index contributed by atoms with van der Waals surface area (Å²) >= 11 is 0. The predicted octanol–water partition coefficient (Wildman–Crippen LogP) is 4.00. The minimum absolute atomic E-state index is 0.0366. The highest BCUT2D eigenvalue weighted by molar-refractivity contribution is 6.37. The van der Waals surface area contributed by atoms with Crippen molar-refractivity contribution in [2.45, 2.75) is 82.3 Å². The van der Waals surface area contributed by atoms with Crippen LogP contribution in [-0.2, 0) is 27.2 Å². The number of rotatable bonds is 7. The molecule has 6 aliphatic rings. The lowest BCUT2D eigenvalue weighted by Crippen LogP contribution is -2.55. The van der Waals surface area contributed by atoms with Crippen LogP contribution in [0.3, 0.4) is 0 Å². The fraction of sp³-hybridized carbons (Fsp3) is 0.655. The van der Waals surface area contributed by atoms with Crippen LogP contribution >= 0.6 is 0 Å². The Bertz CT molecular complexity index is 1240. The van der Waals surface area contributed by atoms with E-state index in [1.54, 1.807) is 0 Å². The Hall–Kier alpha value is -2.38. The fourth-order valence-corrected chi connectivity index (χ4v) is 8.33. The molecule has 5 aliphatic carbocycles. The van der Waals surface area contributed by atoms with Gasteiger partial charge in [0.2, 0.25) is 5.78 Å². The van der Waals surface area contributed by atoms with Gasteiger partial charge in [0.15, 0.2) is 5.78 Å². The monoisotopic (exact) mass is 489 g/mol. The summed E-state index contributed by atoms with van der Waals surface area (Å²) in [6, 6.07) is 0.234. The lowest BCUT2D eigenvalue weighted by molar-refractivity contribution is -0.148. The van der Waals surface area contributed by atoms with Gasteiger partial charge in [0, 0.05) is 43.2 Å². The molecule has 2 aromatic heterocycles. The van der Waals surface area contributed by atoms with E-state index < -0.39 is 5.60 Å². The molecule has 5 fully saturated rings. The number of ether oxygens (including phenoxy) is 1. The van der Waals surface area contributed by atoms with Crippen LogP contribution in [0.5, 0.6) is 0 Å². The number of aliphatic hydroxyl groups is 1. The number of carbonyl (C=O) groups excluding carboxylic acids is 2. The first-order valence-corrected chi connectivity index (χ1v) is 13.9. The Morgan fingerprint density at radius 3 is 2.64 bits per heavy atom. The van der Waals surface area contributed by atoms with Gasteiger partial charge in [-0.05, 0) is 75.0 Å². The standard InChI is InChI=1S/C29H35N3O4/c33-25(5-4-17-6-8-36-9-7-17)26(34)12-24-22-16-30-23-3-1-2-21(23)28(22)32(31-24)27-19-10-18-11-20(27)15-29(35,13-18)14-19/h1-2,16-20,27,35H,3-15H2/t18?,19-,20+,27?,29?. The van der Waals surface area contributed by atoms with Crippen LogP contribution in [0.2, 0.25) is 0 Å². The molecular weight excluding hydrogens is 454 g/mol. The molecule has 0 radical (unpaired) electrons. The Balaban J connectivity index is 1.19. The van der Waals surface area contributed by atoms with Crippen LogP contribution < -0.4 is 0 Å². The summed E-state index contributed by atoms with van der Waals surface area (Å²) in [5.74, 6) is 1.28. The highest BCUT2D eigenvalue weighted by Gasteiger charge is 2.56. The molecule has 2 aromatic rings. The van der Waals surface area contributed by atoms with Crippen molar-refractivity contribution in [2.24, 2.45) is 23.7 Å². The Morgan fingerprint density at radius 2 is 1.89 bits per heavy atom. The zero-order chi connectivity index (χ0) is 24.4. The smallest absolute Gasteiger partial charge is 0.204 e. The summed E-state index contributed by atoms with van der Waals surface area (Å²) in [6.45, 7) is 1.51. The van der Waals surface area contributed by atoms with Crippen molar-refractivity contribution in [1.82, 2.24) is 14.8 Å². The molecule has 5 atom stereocenters. The van der Waals surface area contributed by atoms with Gasteiger partial charge >= 0.3 is 0 Å². The second-order valence-electron chi connectivity index (χ2n) is 12.2. The van der Waals surface area contributed by atoms with E-state index in [9.17, 15) is 14.7 Å². The van der Waals surface area contributed by atoms with Crippen molar-refractivity contribution in [1.29, 1.82) is 0 Å². The number of nitrogens with zero attached hydrogens (tertiary/aromatic N) is 3. The molecule has 0 amide bonds. The third kappa shape index (κ3) is 3.77. The van der Waals surface area contributed by atoms with E-state index in [1.165, 1.54) is 0 Å². The first-order valence-electron chi connectivity index (χ1n) is 13.9. The summed E-state index contributed by atoms with van der Waals surface area (Å²) in [7, 11) is 0. The summed E-state index contributed by atoms with van der Waals surface area (Å²) < 4.78 is 7.60. The fourth-order valence-electron chi connectivity index (χ4n) is 8.33. The minimum atomic E-state index is -0.505.